The lowest BCUT2D eigenvalue weighted by atomic mass is 10.1. The zero-order valence-electron chi connectivity index (χ0n) is 18.2. The van der Waals surface area contributed by atoms with Crippen molar-refractivity contribution in [2.45, 2.75) is 13.5 Å². The van der Waals surface area contributed by atoms with Crippen molar-refractivity contribution >= 4 is 45.7 Å². The van der Waals surface area contributed by atoms with Gasteiger partial charge in [-0.3, -0.25) is 4.68 Å². The van der Waals surface area contributed by atoms with Gasteiger partial charge >= 0.3 is 0 Å². The normalized spacial score (nSPS) is 11.0. The van der Waals surface area contributed by atoms with Crippen LogP contribution in [0.4, 0.5) is 11.5 Å². The quantitative estimate of drug-likeness (QED) is 0.353. The van der Waals surface area contributed by atoms with Crippen molar-refractivity contribution in [2.24, 2.45) is 0 Å². The molecule has 9 heteroatoms. The van der Waals surface area contributed by atoms with Gasteiger partial charge in [0.15, 0.2) is 0 Å². The van der Waals surface area contributed by atoms with Crippen molar-refractivity contribution in [2.75, 3.05) is 5.32 Å². The number of halogens is 1. The van der Waals surface area contributed by atoms with Crippen molar-refractivity contribution in [3.63, 3.8) is 0 Å². The molecule has 168 valence electrons. The van der Waals surface area contributed by atoms with E-state index in [0.29, 0.717) is 17.6 Å². The zero-order chi connectivity index (χ0) is 22.2. The molecule has 0 atom stereocenters. The van der Waals surface area contributed by atoms with E-state index in [-0.39, 0.29) is 12.4 Å². The fraction of sp³-hybridized carbons (Fsp3) is 0.0800. The van der Waals surface area contributed by atoms with Crippen LogP contribution in [-0.2, 0) is 6.54 Å². The minimum atomic E-state index is 0. The Morgan fingerprint density at radius 3 is 2.65 bits per heavy atom. The number of nitrogens with zero attached hydrogens (tertiary/aromatic N) is 6. The molecule has 3 heterocycles. The van der Waals surface area contributed by atoms with Crippen molar-refractivity contribution in [1.82, 2.24) is 29.9 Å². The first-order valence-electron chi connectivity index (χ1n) is 10.5. The van der Waals surface area contributed by atoms with Gasteiger partial charge in [0, 0.05) is 28.9 Å². The largest absolute Gasteiger partial charge is 0.421 e. The number of fused-ring (bicyclic) bond motifs is 2. The van der Waals surface area contributed by atoms with Crippen LogP contribution in [0.5, 0.6) is 0 Å². The van der Waals surface area contributed by atoms with Crippen LogP contribution in [0.2, 0.25) is 0 Å². The predicted octanol–water partition coefficient (Wildman–Crippen LogP) is 5.55. The standard InChI is InChI=1S/C25H19N7O.ClH/c1-16-30-31-25(33-16)18-7-9-22-21(12-18)24(27-15-26-22)29-20-8-10-23-19(11-20)13-28-32(23)14-17-5-3-2-4-6-17;/h2-13,15H,14H2,1H3,(H,26,27,29);1H. The van der Waals surface area contributed by atoms with Gasteiger partial charge in [-0.1, -0.05) is 30.3 Å². The number of aryl methyl sites for hydroxylation is 1. The maximum absolute atomic E-state index is 5.58. The third-order valence-corrected chi connectivity index (χ3v) is 5.49. The lowest BCUT2D eigenvalue weighted by Crippen LogP contribution is -2.01. The van der Waals surface area contributed by atoms with Crippen LogP contribution in [0.1, 0.15) is 11.5 Å². The molecule has 0 fully saturated rings. The predicted molar refractivity (Wildman–Crippen MR) is 133 cm³/mol. The molecule has 3 aromatic carbocycles. The first-order valence-corrected chi connectivity index (χ1v) is 10.5. The van der Waals surface area contributed by atoms with E-state index in [0.717, 1.165) is 39.6 Å². The van der Waals surface area contributed by atoms with E-state index in [1.807, 2.05) is 53.3 Å². The first kappa shape index (κ1) is 21.5. The minimum Gasteiger partial charge on any atom is -0.421 e. The average Bonchev–Trinajstić information content (AvgIpc) is 3.46. The lowest BCUT2D eigenvalue weighted by Gasteiger charge is -2.10. The smallest absolute Gasteiger partial charge is 0.247 e. The highest BCUT2D eigenvalue weighted by Crippen LogP contribution is 2.29. The van der Waals surface area contributed by atoms with Crippen molar-refractivity contribution in [1.29, 1.82) is 0 Å². The van der Waals surface area contributed by atoms with Gasteiger partial charge in [-0.2, -0.15) is 5.10 Å². The van der Waals surface area contributed by atoms with E-state index in [1.165, 1.54) is 5.56 Å². The molecule has 6 rings (SSSR count). The Balaban J connectivity index is 0.00000241. The summed E-state index contributed by atoms with van der Waals surface area (Å²) in [5, 5.41) is 18.0. The summed E-state index contributed by atoms with van der Waals surface area (Å²) in [6.45, 7) is 2.50. The summed E-state index contributed by atoms with van der Waals surface area (Å²) in [6.07, 6.45) is 3.44. The molecule has 0 bridgehead atoms. The van der Waals surface area contributed by atoms with Crippen molar-refractivity contribution in [3.8, 4) is 11.5 Å². The van der Waals surface area contributed by atoms with Crippen LogP contribution in [0.15, 0.2) is 83.7 Å². The van der Waals surface area contributed by atoms with E-state index in [9.17, 15) is 0 Å². The van der Waals surface area contributed by atoms with Crippen LogP contribution in [-0.4, -0.2) is 29.9 Å². The van der Waals surface area contributed by atoms with Crippen LogP contribution in [0, 0.1) is 6.92 Å². The number of benzene rings is 3. The van der Waals surface area contributed by atoms with Gasteiger partial charge in [0.2, 0.25) is 11.8 Å². The molecule has 0 aliphatic carbocycles. The number of nitrogens with one attached hydrogen (secondary N) is 1. The summed E-state index contributed by atoms with van der Waals surface area (Å²) in [4.78, 5) is 8.86. The molecular formula is C25H20ClN7O. The molecular weight excluding hydrogens is 450 g/mol. The van der Waals surface area contributed by atoms with Gasteiger partial charge in [0.05, 0.1) is 23.8 Å². The molecule has 0 saturated heterocycles. The molecule has 8 nitrogen and oxygen atoms in total. The third-order valence-electron chi connectivity index (χ3n) is 5.49. The summed E-state index contributed by atoms with van der Waals surface area (Å²) < 4.78 is 7.58. The van der Waals surface area contributed by atoms with Gasteiger partial charge in [-0.05, 0) is 42.0 Å². The fourth-order valence-electron chi connectivity index (χ4n) is 3.89. The molecule has 3 aromatic heterocycles. The number of rotatable bonds is 5. The minimum absolute atomic E-state index is 0. The Bertz CT molecular complexity index is 1590. The molecule has 0 radical (unpaired) electrons. The summed E-state index contributed by atoms with van der Waals surface area (Å²) in [5.41, 5.74) is 4.85. The Hall–Kier alpha value is -4.30. The monoisotopic (exact) mass is 469 g/mol. The molecule has 0 aliphatic rings. The summed E-state index contributed by atoms with van der Waals surface area (Å²) in [5.74, 6) is 1.69. The van der Waals surface area contributed by atoms with Gasteiger partial charge in [0.1, 0.15) is 12.1 Å². The van der Waals surface area contributed by atoms with E-state index in [4.69, 9.17) is 4.42 Å². The summed E-state index contributed by atoms with van der Waals surface area (Å²) in [7, 11) is 0. The number of hydrogen-bond donors (Lipinski definition) is 1. The second-order valence-corrected chi connectivity index (χ2v) is 7.77. The maximum Gasteiger partial charge on any atom is 0.247 e. The maximum atomic E-state index is 5.58. The Morgan fingerprint density at radius 1 is 0.941 bits per heavy atom. The van der Waals surface area contributed by atoms with Gasteiger partial charge in [-0.15, -0.1) is 22.6 Å². The van der Waals surface area contributed by atoms with Crippen LogP contribution >= 0.6 is 12.4 Å². The molecule has 0 spiro atoms. The average molecular weight is 470 g/mol. The molecule has 34 heavy (non-hydrogen) atoms. The van der Waals surface area contributed by atoms with Crippen LogP contribution in [0.25, 0.3) is 33.3 Å². The summed E-state index contributed by atoms with van der Waals surface area (Å²) >= 11 is 0. The van der Waals surface area contributed by atoms with Gasteiger partial charge < -0.3 is 9.73 Å². The first-order chi connectivity index (χ1) is 16.2. The highest BCUT2D eigenvalue weighted by molar-refractivity contribution is 5.94. The highest BCUT2D eigenvalue weighted by Gasteiger charge is 2.11. The molecule has 0 amide bonds. The Kier molecular flexibility index (Phi) is 5.65. The molecule has 0 unspecified atom stereocenters. The van der Waals surface area contributed by atoms with E-state index >= 15 is 0 Å². The Morgan fingerprint density at radius 2 is 1.82 bits per heavy atom. The third kappa shape index (κ3) is 4.06. The van der Waals surface area contributed by atoms with E-state index in [1.54, 1.807) is 13.3 Å². The molecule has 0 aliphatic heterocycles. The highest BCUT2D eigenvalue weighted by atomic mass is 35.5. The van der Waals surface area contributed by atoms with E-state index in [2.05, 4.69) is 54.8 Å². The van der Waals surface area contributed by atoms with E-state index < -0.39 is 0 Å². The SMILES string of the molecule is Cc1nnc(-c2ccc3ncnc(Nc4ccc5c(cnn5Cc5ccccc5)c4)c3c2)o1.Cl. The molecule has 1 N–H and O–H groups in total. The molecule has 0 saturated carbocycles. The number of anilines is 2. The number of aromatic nitrogens is 6. The second-order valence-electron chi connectivity index (χ2n) is 7.77. The fourth-order valence-corrected chi connectivity index (χ4v) is 3.89. The summed E-state index contributed by atoms with van der Waals surface area (Å²) in [6, 6.07) is 22.3. The Labute approximate surface area is 201 Å². The van der Waals surface area contributed by atoms with Crippen LogP contribution in [0.3, 0.4) is 0 Å². The van der Waals surface area contributed by atoms with Gasteiger partial charge in [-0.25, -0.2) is 9.97 Å². The topological polar surface area (TPSA) is 94.5 Å². The zero-order valence-corrected chi connectivity index (χ0v) is 19.0. The second kappa shape index (κ2) is 8.92. The van der Waals surface area contributed by atoms with Gasteiger partial charge in [0.25, 0.3) is 0 Å². The number of hydrogen-bond acceptors (Lipinski definition) is 7. The van der Waals surface area contributed by atoms with Crippen LogP contribution < -0.4 is 5.32 Å². The molecule has 6 aromatic rings. The van der Waals surface area contributed by atoms with Crippen molar-refractivity contribution in [3.05, 3.63) is 90.7 Å². The van der Waals surface area contributed by atoms with Crippen molar-refractivity contribution < 1.29 is 4.42 Å². The lowest BCUT2D eigenvalue weighted by molar-refractivity contribution is 0.533.